The van der Waals surface area contributed by atoms with Crippen LogP contribution in [-0.2, 0) is 5.75 Å². The van der Waals surface area contributed by atoms with E-state index in [-0.39, 0.29) is 0 Å². The van der Waals surface area contributed by atoms with Gasteiger partial charge in [0.25, 0.3) is 11.0 Å². The van der Waals surface area contributed by atoms with Crippen molar-refractivity contribution in [3.63, 3.8) is 0 Å². The number of halogens is 2. The van der Waals surface area contributed by atoms with Crippen molar-refractivity contribution in [1.82, 2.24) is 10.2 Å². The minimum Gasteiger partial charge on any atom is -0.496 e. The van der Waals surface area contributed by atoms with Gasteiger partial charge in [-0.2, -0.15) is 8.78 Å². The second-order valence-corrected chi connectivity index (χ2v) is 7.90. The molecule has 0 amide bonds. The molecule has 31 heavy (non-hydrogen) atoms. The Bertz CT molecular complexity index is 1010. The largest absolute Gasteiger partial charge is 0.496 e. The van der Waals surface area contributed by atoms with Gasteiger partial charge < -0.3 is 23.4 Å². The first kappa shape index (κ1) is 23.0. The summed E-state index contributed by atoms with van der Waals surface area (Å²) in [6.07, 6.45) is 0. The predicted molar refractivity (Wildman–Crippen MR) is 114 cm³/mol. The fourth-order valence-corrected chi connectivity index (χ4v) is 4.03. The molecule has 0 bridgehead atoms. The van der Waals surface area contributed by atoms with E-state index in [1.54, 1.807) is 30.3 Å². The third-order valence-electron chi connectivity index (χ3n) is 4.12. The smallest absolute Gasteiger partial charge is 0.289 e. The molecule has 3 aromatic rings. The fourth-order valence-electron chi connectivity index (χ4n) is 2.73. The molecule has 3 rings (SSSR count). The van der Waals surface area contributed by atoms with Gasteiger partial charge >= 0.3 is 0 Å². The topological polar surface area (TPSA) is 75.8 Å². The van der Waals surface area contributed by atoms with Crippen molar-refractivity contribution in [2.24, 2.45) is 0 Å². The first-order chi connectivity index (χ1) is 15.0. The van der Waals surface area contributed by atoms with E-state index in [1.807, 2.05) is 0 Å². The van der Waals surface area contributed by atoms with E-state index in [2.05, 4.69) is 10.2 Å². The summed E-state index contributed by atoms with van der Waals surface area (Å²) >= 11 is 1.76. The summed E-state index contributed by atoms with van der Waals surface area (Å²) in [5, 5.41) is 8.50. The summed E-state index contributed by atoms with van der Waals surface area (Å²) in [6, 6.07) is 8.52. The van der Waals surface area contributed by atoms with Gasteiger partial charge in [0.1, 0.15) is 5.75 Å². The Morgan fingerprint density at radius 3 is 2.16 bits per heavy atom. The molecule has 11 heteroatoms. The molecule has 0 spiro atoms. The SMILES string of the molecule is COc1cc(CSc2nnc(-c3cc(OC)c(OC)c(OC)c3)o2)ccc1SC(F)F. The van der Waals surface area contributed by atoms with Gasteiger partial charge in [0.2, 0.25) is 11.6 Å². The van der Waals surface area contributed by atoms with Crippen LogP contribution in [0, 0.1) is 0 Å². The van der Waals surface area contributed by atoms with E-state index in [0.29, 0.717) is 62.1 Å². The zero-order chi connectivity index (χ0) is 22.4. The summed E-state index contributed by atoms with van der Waals surface area (Å²) in [7, 11) is 6.02. The molecule has 166 valence electrons. The lowest BCUT2D eigenvalue weighted by Crippen LogP contribution is -1.95. The van der Waals surface area contributed by atoms with Crippen molar-refractivity contribution in [2.75, 3.05) is 28.4 Å². The molecule has 0 aliphatic heterocycles. The Morgan fingerprint density at radius 2 is 1.58 bits per heavy atom. The van der Waals surface area contributed by atoms with E-state index >= 15 is 0 Å². The molecule has 0 aliphatic rings. The third-order valence-corrected chi connectivity index (χ3v) is 5.78. The maximum absolute atomic E-state index is 12.6. The molecule has 1 aromatic heterocycles. The molecule has 0 unspecified atom stereocenters. The molecule has 1 heterocycles. The highest BCUT2D eigenvalue weighted by Gasteiger charge is 2.18. The van der Waals surface area contributed by atoms with Gasteiger partial charge in [0, 0.05) is 11.3 Å². The van der Waals surface area contributed by atoms with Gasteiger partial charge in [-0.3, -0.25) is 0 Å². The molecule has 0 saturated heterocycles. The minimum atomic E-state index is -2.51. The zero-order valence-electron chi connectivity index (χ0n) is 17.2. The molecule has 0 saturated carbocycles. The van der Waals surface area contributed by atoms with Crippen molar-refractivity contribution in [3.05, 3.63) is 35.9 Å². The monoisotopic (exact) mass is 470 g/mol. The normalized spacial score (nSPS) is 10.9. The molecule has 0 atom stereocenters. The number of aromatic nitrogens is 2. The lowest BCUT2D eigenvalue weighted by atomic mass is 10.2. The average molecular weight is 471 g/mol. The summed E-state index contributed by atoms with van der Waals surface area (Å²) in [5.74, 6) is 0.0741. The number of alkyl halides is 2. The highest BCUT2D eigenvalue weighted by atomic mass is 32.2. The number of hydrogen-bond donors (Lipinski definition) is 0. The highest BCUT2D eigenvalue weighted by molar-refractivity contribution is 7.99. The number of benzene rings is 2. The first-order valence-corrected chi connectivity index (χ1v) is 10.7. The van der Waals surface area contributed by atoms with Crippen LogP contribution < -0.4 is 18.9 Å². The molecular weight excluding hydrogens is 450 g/mol. The Labute approximate surface area is 186 Å². The van der Waals surface area contributed by atoms with Gasteiger partial charge in [-0.05, 0) is 29.8 Å². The van der Waals surface area contributed by atoms with E-state index in [9.17, 15) is 8.78 Å². The van der Waals surface area contributed by atoms with Crippen molar-refractivity contribution >= 4 is 23.5 Å². The van der Waals surface area contributed by atoms with Crippen LogP contribution in [0.5, 0.6) is 23.0 Å². The van der Waals surface area contributed by atoms with Crippen molar-refractivity contribution in [3.8, 4) is 34.5 Å². The lowest BCUT2D eigenvalue weighted by Gasteiger charge is -2.12. The van der Waals surface area contributed by atoms with Gasteiger partial charge in [-0.15, -0.1) is 10.2 Å². The standard InChI is InChI=1S/C20H20F2N2O5S2/c1-25-13-7-11(5-6-16(13)31-19(21)22)10-30-20-24-23-18(29-20)12-8-14(26-2)17(28-4)15(9-12)27-3/h5-9,19H,10H2,1-4H3. The third kappa shape index (κ3) is 5.53. The number of thioether (sulfide) groups is 2. The van der Waals surface area contributed by atoms with Crippen molar-refractivity contribution in [2.45, 2.75) is 21.6 Å². The Morgan fingerprint density at radius 1 is 0.903 bits per heavy atom. The predicted octanol–water partition coefficient (Wildman–Crippen LogP) is 5.38. The van der Waals surface area contributed by atoms with Crippen LogP contribution >= 0.6 is 23.5 Å². The summed E-state index contributed by atoms with van der Waals surface area (Å²) in [5.41, 5.74) is 1.48. The first-order valence-electron chi connectivity index (χ1n) is 8.87. The number of rotatable bonds is 10. The molecular formula is C20H20F2N2O5S2. The van der Waals surface area contributed by atoms with Gasteiger partial charge in [-0.1, -0.05) is 29.6 Å². The number of methoxy groups -OCH3 is 4. The average Bonchev–Trinajstić information content (AvgIpc) is 3.26. The van der Waals surface area contributed by atoms with Crippen LogP contribution in [0.25, 0.3) is 11.5 Å². The molecule has 0 N–H and O–H groups in total. The van der Waals surface area contributed by atoms with E-state index in [0.717, 1.165) is 5.56 Å². The van der Waals surface area contributed by atoms with Crippen LogP contribution in [0.2, 0.25) is 0 Å². The van der Waals surface area contributed by atoms with Crippen LogP contribution in [0.3, 0.4) is 0 Å². The molecule has 2 aromatic carbocycles. The van der Waals surface area contributed by atoms with E-state index < -0.39 is 5.76 Å². The van der Waals surface area contributed by atoms with Crippen LogP contribution in [-0.4, -0.2) is 44.4 Å². The molecule has 0 radical (unpaired) electrons. The fraction of sp³-hybridized carbons (Fsp3) is 0.300. The highest BCUT2D eigenvalue weighted by Crippen LogP contribution is 2.41. The quantitative estimate of drug-likeness (QED) is 0.363. The van der Waals surface area contributed by atoms with Crippen LogP contribution in [0.4, 0.5) is 8.78 Å². The molecule has 7 nitrogen and oxygen atoms in total. The Balaban J connectivity index is 1.75. The van der Waals surface area contributed by atoms with Gasteiger partial charge in [-0.25, -0.2) is 0 Å². The Hall–Kier alpha value is -2.66. The zero-order valence-corrected chi connectivity index (χ0v) is 18.8. The molecule has 0 aliphatic carbocycles. The summed E-state index contributed by atoms with van der Waals surface area (Å²) in [4.78, 5) is 0.383. The van der Waals surface area contributed by atoms with Crippen molar-refractivity contribution < 1.29 is 32.1 Å². The molecule has 0 fully saturated rings. The van der Waals surface area contributed by atoms with Gasteiger partial charge in [0.15, 0.2) is 11.5 Å². The van der Waals surface area contributed by atoms with Crippen molar-refractivity contribution in [1.29, 1.82) is 0 Å². The van der Waals surface area contributed by atoms with E-state index in [4.69, 9.17) is 23.4 Å². The summed E-state index contributed by atoms with van der Waals surface area (Å²) < 4.78 is 52.3. The Kier molecular flexibility index (Phi) is 7.85. The second kappa shape index (κ2) is 10.6. The van der Waals surface area contributed by atoms with Gasteiger partial charge in [0.05, 0.1) is 33.3 Å². The van der Waals surface area contributed by atoms with Crippen LogP contribution in [0.15, 0.2) is 44.9 Å². The van der Waals surface area contributed by atoms with Crippen LogP contribution in [0.1, 0.15) is 5.56 Å². The maximum atomic E-state index is 12.6. The second-order valence-electron chi connectivity index (χ2n) is 5.94. The summed E-state index contributed by atoms with van der Waals surface area (Å²) in [6.45, 7) is 0. The number of hydrogen-bond acceptors (Lipinski definition) is 9. The minimum absolute atomic E-state index is 0.294. The lowest BCUT2D eigenvalue weighted by molar-refractivity contribution is 0.251. The number of nitrogens with zero attached hydrogens (tertiary/aromatic N) is 2. The maximum Gasteiger partial charge on any atom is 0.289 e. The van der Waals surface area contributed by atoms with E-state index in [1.165, 1.54) is 40.2 Å². The number of ether oxygens (including phenoxy) is 4.